The zero-order chi connectivity index (χ0) is 12.4. The number of aromatic nitrogens is 1. The van der Waals surface area contributed by atoms with Gasteiger partial charge in [0.25, 0.3) is 0 Å². The fraction of sp³-hybridized carbons (Fsp3) is 0.267. The van der Waals surface area contributed by atoms with E-state index in [-0.39, 0.29) is 6.04 Å². The van der Waals surface area contributed by atoms with Crippen LogP contribution in [-0.4, -0.2) is 11.6 Å². The molecule has 0 bridgehead atoms. The smallest absolute Gasteiger partial charge is 0.122 e. The molecule has 0 saturated heterocycles. The number of rotatable bonds is 2. The molecule has 0 amide bonds. The van der Waals surface area contributed by atoms with E-state index >= 15 is 0 Å². The molecule has 0 spiro atoms. The Morgan fingerprint density at radius 2 is 1.94 bits per heavy atom. The van der Waals surface area contributed by atoms with E-state index in [9.17, 15) is 0 Å². The number of nitrogens with two attached hydrogens (primary N) is 1. The van der Waals surface area contributed by atoms with Crippen LogP contribution in [0.4, 0.5) is 0 Å². The van der Waals surface area contributed by atoms with Gasteiger partial charge in [-0.1, -0.05) is 12.1 Å². The molecule has 1 aromatic heterocycles. The second-order valence-corrected chi connectivity index (χ2v) is 4.58. The number of aryl methyl sites for hydroxylation is 1. The van der Waals surface area contributed by atoms with Gasteiger partial charge in [-0.15, -0.1) is 0 Å². The van der Waals surface area contributed by atoms with E-state index in [4.69, 9.17) is 10.5 Å². The Bertz CT molecular complexity index is 539. The summed E-state index contributed by atoms with van der Waals surface area (Å²) in [5.74, 6) is 1.01. The van der Waals surface area contributed by atoms with Crippen LogP contribution in [-0.2, 0) is 6.42 Å². The molecule has 3 heteroatoms. The van der Waals surface area contributed by atoms with E-state index in [1.165, 1.54) is 5.56 Å². The maximum Gasteiger partial charge on any atom is 0.122 e. The van der Waals surface area contributed by atoms with Crippen LogP contribution in [0.3, 0.4) is 0 Å². The Kier molecular flexibility index (Phi) is 2.99. The maximum atomic E-state index is 6.28. The van der Waals surface area contributed by atoms with E-state index in [1.54, 1.807) is 12.4 Å². The molecule has 1 atom stereocenters. The molecular formula is C15H16N2O. The monoisotopic (exact) mass is 240 g/mol. The van der Waals surface area contributed by atoms with Crippen LogP contribution in [0.1, 0.15) is 29.2 Å². The molecule has 0 aliphatic carbocycles. The molecule has 0 fully saturated rings. The van der Waals surface area contributed by atoms with Gasteiger partial charge in [-0.05, 0) is 47.7 Å². The summed E-state index contributed by atoms with van der Waals surface area (Å²) in [5, 5.41) is 0. The number of pyridine rings is 1. The standard InChI is InChI=1S/C15H16N2O/c16-15(11-5-7-17-8-6-11)13-3-4-14-12(10-13)2-1-9-18-14/h3-8,10,15H,1-2,9,16H2. The van der Waals surface area contributed by atoms with Gasteiger partial charge in [0.1, 0.15) is 5.75 Å². The lowest BCUT2D eigenvalue weighted by Crippen LogP contribution is -2.14. The molecule has 1 aliphatic heterocycles. The fourth-order valence-electron chi connectivity index (χ4n) is 2.34. The van der Waals surface area contributed by atoms with Crippen LogP contribution in [0, 0.1) is 0 Å². The average Bonchev–Trinajstić information content (AvgIpc) is 2.47. The van der Waals surface area contributed by atoms with Gasteiger partial charge in [0.2, 0.25) is 0 Å². The summed E-state index contributed by atoms with van der Waals surface area (Å²) in [6.07, 6.45) is 5.71. The van der Waals surface area contributed by atoms with Crippen LogP contribution in [0.25, 0.3) is 0 Å². The van der Waals surface area contributed by atoms with E-state index < -0.39 is 0 Å². The lowest BCUT2D eigenvalue weighted by molar-refractivity contribution is 0.288. The molecule has 3 rings (SSSR count). The summed E-state index contributed by atoms with van der Waals surface area (Å²) in [6, 6.07) is 10.1. The summed E-state index contributed by atoms with van der Waals surface area (Å²) in [5.41, 5.74) is 9.76. The summed E-state index contributed by atoms with van der Waals surface area (Å²) in [6.45, 7) is 0.822. The molecule has 0 radical (unpaired) electrons. The van der Waals surface area contributed by atoms with Crippen molar-refractivity contribution in [2.75, 3.05) is 6.61 Å². The van der Waals surface area contributed by atoms with E-state index in [0.29, 0.717) is 0 Å². The Morgan fingerprint density at radius 1 is 1.11 bits per heavy atom. The predicted octanol–water partition coefficient (Wildman–Crippen LogP) is 2.45. The highest BCUT2D eigenvalue weighted by atomic mass is 16.5. The molecular weight excluding hydrogens is 224 g/mol. The van der Waals surface area contributed by atoms with E-state index in [1.807, 2.05) is 18.2 Å². The second kappa shape index (κ2) is 4.78. The zero-order valence-electron chi connectivity index (χ0n) is 10.2. The Balaban J connectivity index is 1.93. The van der Waals surface area contributed by atoms with E-state index in [0.717, 1.165) is 36.3 Å². The van der Waals surface area contributed by atoms with Gasteiger partial charge in [0.05, 0.1) is 12.6 Å². The molecule has 2 heterocycles. The normalized spacial score (nSPS) is 15.6. The molecule has 92 valence electrons. The Morgan fingerprint density at radius 3 is 2.78 bits per heavy atom. The molecule has 1 aliphatic rings. The second-order valence-electron chi connectivity index (χ2n) is 4.58. The average molecular weight is 240 g/mol. The molecule has 1 unspecified atom stereocenters. The minimum Gasteiger partial charge on any atom is -0.493 e. The fourth-order valence-corrected chi connectivity index (χ4v) is 2.34. The third kappa shape index (κ3) is 2.09. The SMILES string of the molecule is NC(c1ccncc1)c1ccc2c(c1)CCCO2. The van der Waals surface area contributed by atoms with Crippen molar-refractivity contribution in [3.8, 4) is 5.75 Å². The van der Waals surface area contributed by atoms with Crippen LogP contribution in [0.2, 0.25) is 0 Å². The van der Waals surface area contributed by atoms with Crippen molar-refractivity contribution in [3.63, 3.8) is 0 Å². The first-order valence-corrected chi connectivity index (χ1v) is 6.26. The van der Waals surface area contributed by atoms with Gasteiger partial charge in [-0.2, -0.15) is 0 Å². The van der Waals surface area contributed by atoms with Crippen LogP contribution >= 0.6 is 0 Å². The highest BCUT2D eigenvalue weighted by Crippen LogP contribution is 2.29. The number of fused-ring (bicyclic) bond motifs is 1. The Labute approximate surface area is 107 Å². The topological polar surface area (TPSA) is 48.1 Å². The van der Waals surface area contributed by atoms with Crippen molar-refractivity contribution in [1.29, 1.82) is 0 Å². The molecule has 18 heavy (non-hydrogen) atoms. The number of hydrogen-bond acceptors (Lipinski definition) is 3. The van der Waals surface area contributed by atoms with Crippen molar-refractivity contribution in [2.45, 2.75) is 18.9 Å². The largest absolute Gasteiger partial charge is 0.493 e. The van der Waals surface area contributed by atoms with E-state index in [2.05, 4.69) is 17.1 Å². The van der Waals surface area contributed by atoms with Crippen molar-refractivity contribution in [2.24, 2.45) is 5.73 Å². The summed E-state index contributed by atoms with van der Waals surface area (Å²) < 4.78 is 5.61. The first kappa shape index (κ1) is 11.2. The quantitative estimate of drug-likeness (QED) is 0.877. The minimum absolute atomic E-state index is 0.0970. The van der Waals surface area contributed by atoms with Crippen molar-refractivity contribution >= 4 is 0 Å². The third-order valence-electron chi connectivity index (χ3n) is 3.36. The van der Waals surface area contributed by atoms with Gasteiger partial charge < -0.3 is 10.5 Å². The van der Waals surface area contributed by atoms with Gasteiger partial charge >= 0.3 is 0 Å². The highest BCUT2D eigenvalue weighted by molar-refractivity contribution is 5.41. The first-order valence-electron chi connectivity index (χ1n) is 6.26. The lowest BCUT2D eigenvalue weighted by atomic mass is 9.96. The summed E-state index contributed by atoms with van der Waals surface area (Å²) >= 11 is 0. The highest BCUT2D eigenvalue weighted by Gasteiger charge is 2.14. The molecule has 1 aromatic carbocycles. The number of ether oxygens (including phenoxy) is 1. The minimum atomic E-state index is -0.0970. The van der Waals surface area contributed by atoms with Crippen molar-refractivity contribution in [3.05, 3.63) is 59.4 Å². The zero-order valence-corrected chi connectivity index (χ0v) is 10.2. The first-order chi connectivity index (χ1) is 8.84. The molecule has 2 aromatic rings. The van der Waals surface area contributed by atoms with Crippen molar-refractivity contribution < 1.29 is 4.74 Å². The molecule has 3 nitrogen and oxygen atoms in total. The summed E-state index contributed by atoms with van der Waals surface area (Å²) in [7, 11) is 0. The van der Waals surface area contributed by atoms with Crippen LogP contribution < -0.4 is 10.5 Å². The van der Waals surface area contributed by atoms with Crippen LogP contribution in [0.15, 0.2) is 42.7 Å². The number of benzene rings is 1. The van der Waals surface area contributed by atoms with Gasteiger partial charge in [0.15, 0.2) is 0 Å². The third-order valence-corrected chi connectivity index (χ3v) is 3.36. The maximum absolute atomic E-state index is 6.28. The van der Waals surface area contributed by atoms with Crippen molar-refractivity contribution in [1.82, 2.24) is 4.98 Å². The van der Waals surface area contributed by atoms with Gasteiger partial charge in [0, 0.05) is 12.4 Å². The molecule has 0 saturated carbocycles. The number of nitrogens with zero attached hydrogens (tertiary/aromatic N) is 1. The Hall–Kier alpha value is -1.87. The number of hydrogen-bond donors (Lipinski definition) is 1. The van der Waals surface area contributed by atoms with Gasteiger partial charge in [-0.3, -0.25) is 4.98 Å². The van der Waals surface area contributed by atoms with Gasteiger partial charge in [-0.25, -0.2) is 0 Å². The predicted molar refractivity (Wildman–Crippen MR) is 70.5 cm³/mol. The molecule has 2 N–H and O–H groups in total. The lowest BCUT2D eigenvalue weighted by Gasteiger charge is -2.20. The summed E-state index contributed by atoms with van der Waals surface area (Å²) in [4.78, 5) is 4.02. The van der Waals surface area contributed by atoms with Crippen LogP contribution in [0.5, 0.6) is 5.75 Å².